The molecule has 5 heteroatoms. The van der Waals surface area contributed by atoms with Gasteiger partial charge in [0.1, 0.15) is 0 Å². The van der Waals surface area contributed by atoms with E-state index in [0.29, 0.717) is 17.3 Å². The summed E-state index contributed by atoms with van der Waals surface area (Å²) in [5.74, 6) is 1.63. The van der Waals surface area contributed by atoms with E-state index >= 15 is 0 Å². The van der Waals surface area contributed by atoms with Crippen LogP contribution < -0.4 is 0 Å². The van der Waals surface area contributed by atoms with Crippen molar-refractivity contribution in [3.63, 3.8) is 0 Å². The van der Waals surface area contributed by atoms with Gasteiger partial charge in [-0.3, -0.25) is 5.41 Å². The number of rotatable bonds is 2. The Hall–Kier alpha value is -0.580. The Labute approximate surface area is 84.7 Å². The summed E-state index contributed by atoms with van der Waals surface area (Å²) >= 11 is 0. The Morgan fingerprint density at radius 1 is 1.50 bits per heavy atom. The predicted octanol–water partition coefficient (Wildman–Crippen LogP) is 0.494. The number of sulfone groups is 1. The predicted molar refractivity (Wildman–Crippen MR) is 55.3 cm³/mol. The average molecular weight is 216 g/mol. The van der Waals surface area contributed by atoms with Gasteiger partial charge in [0, 0.05) is 19.5 Å². The molecule has 14 heavy (non-hydrogen) atoms. The van der Waals surface area contributed by atoms with E-state index in [2.05, 4.69) is 0 Å². The van der Waals surface area contributed by atoms with E-state index in [-0.39, 0.29) is 5.92 Å². The largest absolute Gasteiger partial charge is 0.360 e. The first-order valence-corrected chi connectivity index (χ1v) is 6.92. The Balaban J connectivity index is 1.90. The highest BCUT2D eigenvalue weighted by Gasteiger charge is 2.30. The van der Waals surface area contributed by atoms with Crippen molar-refractivity contribution in [1.29, 1.82) is 5.41 Å². The quantitative estimate of drug-likeness (QED) is 0.731. The zero-order chi connectivity index (χ0) is 10.2. The molecule has 2 heterocycles. The molecule has 0 aromatic rings. The van der Waals surface area contributed by atoms with Crippen LogP contribution in [0.5, 0.6) is 0 Å². The van der Waals surface area contributed by atoms with Crippen molar-refractivity contribution < 1.29 is 8.42 Å². The minimum absolute atomic E-state index is 0.262. The molecule has 80 valence electrons. The summed E-state index contributed by atoms with van der Waals surface area (Å²) in [5.41, 5.74) is 0. The summed E-state index contributed by atoms with van der Waals surface area (Å²) in [5, 5.41) is 7.65. The molecule has 2 aliphatic heterocycles. The maximum Gasteiger partial charge on any atom is 0.150 e. The third kappa shape index (κ3) is 2.08. The Morgan fingerprint density at radius 2 is 2.29 bits per heavy atom. The van der Waals surface area contributed by atoms with Gasteiger partial charge in [0.2, 0.25) is 0 Å². The number of hydrogen-bond donors (Lipinski definition) is 1. The van der Waals surface area contributed by atoms with Crippen molar-refractivity contribution in [1.82, 2.24) is 4.90 Å². The van der Waals surface area contributed by atoms with Gasteiger partial charge in [0.05, 0.1) is 17.3 Å². The lowest BCUT2D eigenvalue weighted by atomic mass is 10.1. The molecule has 0 aliphatic carbocycles. The Bertz CT molecular complexity index is 337. The van der Waals surface area contributed by atoms with Crippen LogP contribution >= 0.6 is 0 Å². The molecule has 2 saturated heterocycles. The van der Waals surface area contributed by atoms with Crippen molar-refractivity contribution in [2.75, 3.05) is 24.6 Å². The first kappa shape index (κ1) is 9.96. The standard InChI is InChI=1S/C9H16N2O2S/c10-9-2-1-4-11(9)6-8-3-5-14(12,13)7-8/h8,10H,1-7H2. The van der Waals surface area contributed by atoms with Crippen LogP contribution in [0.1, 0.15) is 19.3 Å². The van der Waals surface area contributed by atoms with Gasteiger partial charge in [0.25, 0.3) is 0 Å². The average Bonchev–Trinajstić information content (AvgIpc) is 2.61. The zero-order valence-corrected chi connectivity index (χ0v) is 9.02. The van der Waals surface area contributed by atoms with Crippen LogP contribution in [0.15, 0.2) is 0 Å². The van der Waals surface area contributed by atoms with Gasteiger partial charge in [-0.25, -0.2) is 8.42 Å². The van der Waals surface area contributed by atoms with E-state index < -0.39 is 9.84 Å². The maximum absolute atomic E-state index is 11.2. The molecule has 2 rings (SSSR count). The van der Waals surface area contributed by atoms with Gasteiger partial charge in [-0.2, -0.15) is 0 Å². The molecular formula is C9H16N2O2S. The molecule has 1 atom stereocenters. The van der Waals surface area contributed by atoms with Gasteiger partial charge in [0.15, 0.2) is 9.84 Å². The summed E-state index contributed by atoms with van der Waals surface area (Å²) in [6.45, 7) is 1.72. The lowest BCUT2D eigenvalue weighted by molar-refractivity contribution is 0.376. The maximum atomic E-state index is 11.2. The smallest absolute Gasteiger partial charge is 0.150 e. The van der Waals surface area contributed by atoms with Crippen molar-refractivity contribution in [3.05, 3.63) is 0 Å². The highest BCUT2D eigenvalue weighted by molar-refractivity contribution is 7.91. The molecule has 2 aliphatic rings. The van der Waals surface area contributed by atoms with E-state index in [9.17, 15) is 8.42 Å². The fourth-order valence-electron chi connectivity index (χ4n) is 2.26. The molecule has 0 spiro atoms. The summed E-state index contributed by atoms with van der Waals surface area (Å²) in [6, 6.07) is 0. The summed E-state index contributed by atoms with van der Waals surface area (Å²) in [7, 11) is -2.75. The van der Waals surface area contributed by atoms with E-state index in [1.54, 1.807) is 0 Å². The molecule has 0 radical (unpaired) electrons. The SMILES string of the molecule is N=C1CCCN1CC1CCS(=O)(=O)C1. The molecule has 0 bridgehead atoms. The van der Waals surface area contributed by atoms with Crippen LogP contribution in [0.3, 0.4) is 0 Å². The number of amidine groups is 1. The van der Waals surface area contributed by atoms with Gasteiger partial charge in [-0.1, -0.05) is 0 Å². The Kier molecular flexibility index (Phi) is 2.51. The van der Waals surface area contributed by atoms with E-state index in [0.717, 1.165) is 32.4 Å². The normalized spacial score (nSPS) is 31.3. The van der Waals surface area contributed by atoms with Gasteiger partial charge >= 0.3 is 0 Å². The molecule has 0 aromatic heterocycles. The molecule has 2 fully saturated rings. The molecule has 0 amide bonds. The van der Waals surface area contributed by atoms with E-state index in [4.69, 9.17) is 5.41 Å². The minimum Gasteiger partial charge on any atom is -0.360 e. The highest BCUT2D eigenvalue weighted by atomic mass is 32.2. The molecular weight excluding hydrogens is 200 g/mol. The lowest BCUT2D eigenvalue weighted by Gasteiger charge is -2.20. The summed E-state index contributed by atoms with van der Waals surface area (Å²) < 4.78 is 22.4. The van der Waals surface area contributed by atoms with Crippen molar-refractivity contribution in [2.24, 2.45) is 5.92 Å². The van der Waals surface area contributed by atoms with Crippen LogP contribution in [0.25, 0.3) is 0 Å². The molecule has 1 unspecified atom stereocenters. The molecule has 4 nitrogen and oxygen atoms in total. The fourth-order valence-corrected chi connectivity index (χ4v) is 4.11. The first-order valence-electron chi connectivity index (χ1n) is 5.10. The third-order valence-corrected chi connectivity index (χ3v) is 4.87. The molecule has 0 saturated carbocycles. The number of likely N-dealkylation sites (tertiary alicyclic amines) is 1. The first-order chi connectivity index (χ1) is 6.57. The van der Waals surface area contributed by atoms with Crippen molar-refractivity contribution in [2.45, 2.75) is 19.3 Å². The topological polar surface area (TPSA) is 61.2 Å². The van der Waals surface area contributed by atoms with Crippen molar-refractivity contribution >= 4 is 15.7 Å². The van der Waals surface area contributed by atoms with Crippen LogP contribution in [-0.2, 0) is 9.84 Å². The number of nitrogens with zero attached hydrogens (tertiary/aromatic N) is 1. The van der Waals surface area contributed by atoms with Crippen LogP contribution in [0, 0.1) is 11.3 Å². The Morgan fingerprint density at radius 3 is 2.79 bits per heavy atom. The third-order valence-electron chi connectivity index (χ3n) is 3.03. The zero-order valence-electron chi connectivity index (χ0n) is 8.20. The second-order valence-electron chi connectivity index (χ2n) is 4.27. The lowest BCUT2D eigenvalue weighted by Crippen LogP contribution is -2.30. The minimum atomic E-state index is -2.75. The number of nitrogens with one attached hydrogen (secondary N) is 1. The molecule has 0 aromatic carbocycles. The summed E-state index contributed by atoms with van der Waals surface area (Å²) in [6.07, 6.45) is 2.70. The van der Waals surface area contributed by atoms with E-state index in [1.807, 2.05) is 4.90 Å². The van der Waals surface area contributed by atoms with Gasteiger partial charge in [-0.15, -0.1) is 0 Å². The van der Waals surface area contributed by atoms with Crippen LogP contribution in [0.4, 0.5) is 0 Å². The highest BCUT2D eigenvalue weighted by Crippen LogP contribution is 2.21. The van der Waals surface area contributed by atoms with Gasteiger partial charge in [-0.05, 0) is 18.8 Å². The fraction of sp³-hybridized carbons (Fsp3) is 0.889. The number of hydrogen-bond acceptors (Lipinski definition) is 3. The second-order valence-corrected chi connectivity index (χ2v) is 6.49. The molecule has 1 N–H and O–H groups in total. The second kappa shape index (κ2) is 3.53. The van der Waals surface area contributed by atoms with Crippen LogP contribution in [-0.4, -0.2) is 43.7 Å². The summed E-state index contributed by atoms with van der Waals surface area (Å²) in [4.78, 5) is 2.03. The van der Waals surface area contributed by atoms with Crippen LogP contribution in [0.2, 0.25) is 0 Å². The van der Waals surface area contributed by atoms with E-state index in [1.165, 1.54) is 0 Å². The van der Waals surface area contributed by atoms with Crippen molar-refractivity contribution in [3.8, 4) is 0 Å². The van der Waals surface area contributed by atoms with Gasteiger partial charge < -0.3 is 4.90 Å². The monoisotopic (exact) mass is 216 g/mol.